The van der Waals surface area contributed by atoms with Gasteiger partial charge < -0.3 is 20.4 Å². The third-order valence-electron chi connectivity index (χ3n) is 4.43. The molecule has 0 aliphatic carbocycles. The molecule has 0 amide bonds. The van der Waals surface area contributed by atoms with Gasteiger partial charge in [-0.05, 0) is 47.8 Å². The van der Waals surface area contributed by atoms with Crippen molar-refractivity contribution in [2.45, 2.75) is 19.4 Å². The number of rotatable bonds is 3. The van der Waals surface area contributed by atoms with Gasteiger partial charge in [0.15, 0.2) is 16.6 Å². The van der Waals surface area contributed by atoms with Crippen molar-refractivity contribution in [2.24, 2.45) is 0 Å². The van der Waals surface area contributed by atoms with Crippen molar-refractivity contribution in [1.29, 1.82) is 0 Å². The number of fused-ring (bicyclic) bond motifs is 1. The number of phenols is 2. The Labute approximate surface area is 172 Å². The van der Waals surface area contributed by atoms with Crippen LogP contribution in [0.15, 0.2) is 24.3 Å². The number of aromatic hydroxyl groups is 2. The van der Waals surface area contributed by atoms with Crippen LogP contribution in [-0.4, -0.2) is 33.3 Å². The van der Waals surface area contributed by atoms with Crippen molar-refractivity contribution < 1.29 is 10.2 Å². The zero-order valence-corrected chi connectivity index (χ0v) is 16.8. The maximum absolute atomic E-state index is 9.92. The van der Waals surface area contributed by atoms with E-state index in [9.17, 15) is 10.2 Å². The van der Waals surface area contributed by atoms with Gasteiger partial charge in [-0.2, -0.15) is 0 Å². The van der Waals surface area contributed by atoms with Crippen molar-refractivity contribution >= 4 is 52.1 Å². The average molecular weight is 432 g/mol. The van der Waals surface area contributed by atoms with Crippen molar-refractivity contribution in [3.63, 3.8) is 0 Å². The van der Waals surface area contributed by atoms with Gasteiger partial charge in [-0.15, -0.1) is 0 Å². The van der Waals surface area contributed by atoms with E-state index in [0.717, 1.165) is 22.6 Å². The number of halogens is 3. The summed E-state index contributed by atoms with van der Waals surface area (Å²) in [5, 5.41) is 24.6. The van der Waals surface area contributed by atoms with E-state index in [1.807, 2.05) is 29.2 Å². The number of hydrogen-bond acceptors (Lipinski definition) is 3. The van der Waals surface area contributed by atoms with E-state index in [1.54, 1.807) is 0 Å². The summed E-state index contributed by atoms with van der Waals surface area (Å²) < 4.78 is 0. The Morgan fingerprint density at radius 3 is 2.42 bits per heavy atom. The minimum Gasteiger partial charge on any atom is -0.503 e. The Balaban J connectivity index is 1.65. The number of nitrogens with zero attached hydrogens (tertiary/aromatic N) is 1. The normalized spacial score (nSPS) is 13.4. The van der Waals surface area contributed by atoms with Crippen molar-refractivity contribution in [3.8, 4) is 11.5 Å². The first-order valence-electron chi connectivity index (χ1n) is 8.07. The standard InChI is InChI=1S/C18H17Cl3N2O2S/c19-13-4-2-1-3-10(13)5-7-22-18(26)23-8-6-11-12(9-23)15(21)17(25)16(24)14(11)20/h1-4,24-25H,5-9H2,(H,22,26). The lowest BCUT2D eigenvalue weighted by Crippen LogP contribution is -2.43. The van der Waals surface area contributed by atoms with E-state index in [4.69, 9.17) is 47.0 Å². The lowest BCUT2D eigenvalue weighted by molar-refractivity contribution is 0.375. The van der Waals surface area contributed by atoms with E-state index >= 15 is 0 Å². The highest BCUT2D eigenvalue weighted by molar-refractivity contribution is 7.80. The monoisotopic (exact) mass is 430 g/mol. The van der Waals surface area contributed by atoms with Gasteiger partial charge in [0.25, 0.3) is 0 Å². The van der Waals surface area contributed by atoms with E-state index in [0.29, 0.717) is 36.7 Å². The van der Waals surface area contributed by atoms with Crippen molar-refractivity contribution in [2.75, 3.05) is 13.1 Å². The fourth-order valence-electron chi connectivity index (χ4n) is 2.99. The molecule has 0 aromatic heterocycles. The maximum Gasteiger partial charge on any atom is 0.178 e. The number of benzene rings is 2. The molecule has 1 aliphatic heterocycles. The predicted octanol–water partition coefficient (Wildman–Crippen LogP) is 4.53. The Morgan fingerprint density at radius 2 is 1.73 bits per heavy atom. The summed E-state index contributed by atoms with van der Waals surface area (Å²) in [6.07, 6.45) is 1.33. The van der Waals surface area contributed by atoms with E-state index < -0.39 is 5.75 Å². The lowest BCUT2D eigenvalue weighted by Gasteiger charge is -2.32. The summed E-state index contributed by atoms with van der Waals surface area (Å²) in [6.45, 7) is 1.71. The van der Waals surface area contributed by atoms with Crippen molar-refractivity contribution in [1.82, 2.24) is 10.2 Å². The summed E-state index contributed by atoms with van der Waals surface area (Å²) in [4.78, 5) is 1.96. The fraction of sp³-hybridized carbons (Fsp3) is 0.278. The second kappa shape index (κ2) is 8.09. The number of thiocarbonyl (C=S) groups is 1. The van der Waals surface area contributed by atoms with Gasteiger partial charge in [-0.25, -0.2) is 0 Å². The van der Waals surface area contributed by atoms with Gasteiger partial charge in [-0.1, -0.05) is 53.0 Å². The topological polar surface area (TPSA) is 55.7 Å². The van der Waals surface area contributed by atoms with Gasteiger partial charge in [0, 0.05) is 24.7 Å². The average Bonchev–Trinajstić information content (AvgIpc) is 2.65. The first kappa shape index (κ1) is 19.4. The number of nitrogens with one attached hydrogen (secondary N) is 1. The maximum atomic E-state index is 9.92. The number of phenolic OH excluding ortho intramolecular Hbond substituents is 2. The Hall–Kier alpha value is -1.40. The molecule has 1 aliphatic rings. The predicted molar refractivity (Wildman–Crippen MR) is 110 cm³/mol. The minimum atomic E-state index is -0.394. The summed E-state index contributed by atoms with van der Waals surface area (Å²) in [6, 6.07) is 7.71. The Bertz CT molecular complexity index is 861. The zero-order chi connectivity index (χ0) is 18.8. The zero-order valence-electron chi connectivity index (χ0n) is 13.7. The first-order valence-corrected chi connectivity index (χ1v) is 9.61. The van der Waals surface area contributed by atoms with Crippen LogP contribution in [0.2, 0.25) is 15.1 Å². The molecule has 0 spiro atoms. The Morgan fingerprint density at radius 1 is 1.08 bits per heavy atom. The summed E-state index contributed by atoms with van der Waals surface area (Å²) in [5.41, 5.74) is 2.50. The van der Waals surface area contributed by atoms with Crippen LogP contribution < -0.4 is 5.32 Å². The van der Waals surface area contributed by atoms with E-state index in [-0.39, 0.29) is 15.8 Å². The second-order valence-electron chi connectivity index (χ2n) is 6.03. The minimum absolute atomic E-state index is 0.116. The van der Waals surface area contributed by atoms with Crippen LogP contribution in [0.25, 0.3) is 0 Å². The summed E-state index contributed by atoms with van der Waals surface area (Å²) in [7, 11) is 0. The molecule has 0 unspecified atom stereocenters. The van der Waals surface area contributed by atoms with Gasteiger partial charge in [0.05, 0.1) is 10.0 Å². The molecule has 2 aromatic rings. The molecule has 138 valence electrons. The highest BCUT2D eigenvalue weighted by Crippen LogP contribution is 2.46. The molecule has 0 saturated carbocycles. The molecule has 3 rings (SSSR count). The van der Waals surface area contributed by atoms with Crippen LogP contribution in [0, 0.1) is 0 Å². The molecule has 3 N–H and O–H groups in total. The highest BCUT2D eigenvalue weighted by Gasteiger charge is 2.27. The molecule has 0 radical (unpaired) electrons. The third-order valence-corrected chi connectivity index (χ3v) is 6.02. The number of hydrogen-bond donors (Lipinski definition) is 3. The largest absolute Gasteiger partial charge is 0.503 e. The lowest BCUT2D eigenvalue weighted by atomic mass is 9.98. The molecular weight excluding hydrogens is 415 g/mol. The molecule has 2 aromatic carbocycles. The summed E-state index contributed by atoms with van der Waals surface area (Å²) in [5.74, 6) is -0.765. The molecule has 26 heavy (non-hydrogen) atoms. The quantitative estimate of drug-likeness (QED) is 0.492. The van der Waals surface area contributed by atoms with Crippen LogP contribution in [0.1, 0.15) is 16.7 Å². The molecular formula is C18H17Cl3N2O2S. The fourth-order valence-corrected chi connectivity index (χ4v) is 4.04. The molecule has 8 heteroatoms. The van der Waals surface area contributed by atoms with Crippen LogP contribution in [-0.2, 0) is 19.4 Å². The van der Waals surface area contributed by atoms with Crippen molar-refractivity contribution in [3.05, 3.63) is 56.0 Å². The molecule has 4 nitrogen and oxygen atoms in total. The summed E-state index contributed by atoms with van der Waals surface area (Å²) >= 11 is 24.0. The van der Waals surface area contributed by atoms with Crippen LogP contribution in [0.5, 0.6) is 11.5 Å². The van der Waals surface area contributed by atoms with E-state index in [1.165, 1.54) is 0 Å². The van der Waals surface area contributed by atoms with Gasteiger partial charge >= 0.3 is 0 Å². The molecule has 0 bridgehead atoms. The highest BCUT2D eigenvalue weighted by atomic mass is 35.5. The van der Waals surface area contributed by atoms with Gasteiger partial charge in [0.2, 0.25) is 0 Å². The SMILES string of the molecule is Oc1c(O)c(Cl)c2c(c1Cl)CCN(C(=S)NCCc1ccccc1Cl)C2. The van der Waals surface area contributed by atoms with Crippen LogP contribution >= 0.6 is 47.0 Å². The van der Waals surface area contributed by atoms with Gasteiger partial charge in [-0.3, -0.25) is 0 Å². The van der Waals surface area contributed by atoms with Gasteiger partial charge in [0.1, 0.15) is 0 Å². The van der Waals surface area contributed by atoms with Crippen LogP contribution in [0.3, 0.4) is 0 Å². The van der Waals surface area contributed by atoms with Crippen LogP contribution in [0.4, 0.5) is 0 Å². The molecule has 0 saturated heterocycles. The molecule has 0 atom stereocenters. The first-order chi connectivity index (χ1) is 12.4. The van der Waals surface area contributed by atoms with E-state index in [2.05, 4.69) is 5.32 Å². The molecule has 0 fully saturated rings. The Kier molecular flexibility index (Phi) is 6.03. The third kappa shape index (κ3) is 3.81. The molecule has 1 heterocycles. The second-order valence-corrected chi connectivity index (χ2v) is 7.58. The smallest absolute Gasteiger partial charge is 0.178 e.